The van der Waals surface area contributed by atoms with Crippen LogP contribution >= 0.6 is 0 Å². The second-order valence-electron chi connectivity index (χ2n) is 4.20. The molecule has 102 valence electrons. The van der Waals surface area contributed by atoms with Crippen molar-refractivity contribution in [1.82, 2.24) is 0 Å². The molecule has 0 spiro atoms. The Morgan fingerprint density at radius 1 is 0.800 bits per heavy atom. The lowest BCUT2D eigenvalue weighted by Crippen LogP contribution is -2.08. The van der Waals surface area contributed by atoms with Gasteiger partial charge in [-0.25, -0.2) is 4.79 Å². The third-order valence-electron chi connectivity index (χ3n) is 2.80. The van der Waals surface area contributed by atoms with Gasteiger partial charge in [-0.3, -0.25) is 4.79 Å². The highest BCUT2D eigenvalue weighted by Gasteiger charge is 2.09. The minimum Gasteiger partial charge on any atom is -0.497 e. The quantitative estimate of drug-likeness (QED) is 0.486. The Morgan fingerprint density at radius 3 is 1.80 bits per heavy atom. The van der Waals surface area contributed by atoms with Crippen LogP contribution in [0.1, 0.15) is 27.6 Å². The van der Waals surface area contributed by atoms with Crippen molar-refractivity contribution < 1.29 is 19.1 Å². The van der Waals surface area contributed by atoms with E-state index in [4.69, 9.17) is 9.47 Å². The van der Waals surface area contributed by atoms with Crippen molar-refractivity contribution in [2.24, 2.45) is 0 Å². The van der Waals surface area contributed by atoms with Crippen LogP contribution in [0.15, 0.2) is 48.5 Å². The summed E-state index contributed by atoms with van der Waals surface area (Å²) in [5.74, 6) is 0.587. The summed E-state index contributed by atoms with van der Waals surface area (Å²) >= 11 is 0. The van der Waals surface area contributed by atoms with E-state index < -0.39 is 5.97 Å². The molecular weight excluding hydrogens is 256 g/mol. The second kappa shape index (κ2) is 6.02. The molecule has 2 aromatic rings. The lowest BCUT2D eigenvalue weighted by molar-refractivity contribution is 0.0734. The molecule has 0 heterocycles. The molecule has 2 aromatic carbocycles. The van der Waals surface area contributed by atoms with Crippen LogP contribution in [0.4, 0.5) is 0 Å². The third-order valence-corrected chi connectivity index (χ3v) is 2.80. The van der Waals surface area contributed by atoms with Gasteiger partial charge in [-0.15, -0.1) is 0 Å². The van der Waals surface area contributed by atoms with Crippen LogP contribution in [-0.4, -0.2) is 18.9 Å². The lowest BCUT2D eigenvalue weighted by Gasteiger charge is -2.05. The maximum Gasteiger partial charge on any atom is 0.343 e. The molecule has 0 aromatic heterocycles. The maximum atomic E-state index is 11.9. The van der Waals surface area contributed by atoms with E-state index in [-0.39, 0.29) is 5.78 Å². The summed E-state index contributed by atoms with van der Waals surface area (Å²) in [6.45, 7) is 1.48. The standard InChI is InChI=1S/C16H14O4/c1-11(17)12-3-9-15(10-4-12)20-16(18)13-5-7-14(19-2)8-6-13/h3-10H,1-2H3. The van der Waals surface area contributed by atoms with Crippen molar-refractivity contribution in [1.29, 1.82) is 0 Å². The number of methoxy groups -OCH3 is 1. The van der Waals surface area contributed by atoms with Crippen LogP contribution in [0.2, 0.25) is 0 Å². The highest BCUT2D eigenvalue weighted by atomic mass is 16.5. The predicted molar refractivity (Wildman–Crippen MR) is 74.4 cm³/mol. The summed E-state index contributed by atoms with van der Waals surface area (Å²) in [4.78, 5) is 23.0. The largest absolute Gasteiger partial charge is 0.497 e. The van der Waals surface area contributed by atoms with Gasteiger partial charge in [0, 0.05) is 5.56 Å². The van der Waals surface area contributed by atoms with E-state index in [0.717, 1.165) is 0 Å². The van der Waals surface area contributed by atoms with Crippen molar-refractivity contribution in [3.05, 3.63) is 59.7 Å². The molecular formula is C16H14O4. The first-order valence-electron chi connectivity index (χ1n) is 6.07. The van der Waals surface area contributed by atoms with Gasteiger partial charge >= 0.3 is 5.97 Å². The average Bonchev–Trinajstić information content (AvgIpc) is 2.48. The average molecular weight is 270 g/mol. The number of carbonyl (C=O) groups is 2. The summed E-state index contributed by atoms with van der Waals surface area (Å²) in [7, 11) is 1.56. The molecule has 0 radical (unpaired) electrons. The van der Waals surface area contributed by atoms with Crippen molar-refractivity contribution in [3.63, 3.8) is 0 Å². The van der Waals surface area contributed by atoms with Crippen LogP contribution < -0.4 is 9.47 Å². The number of ether oxygens (including phenoxy) is 2. The predicted octanol–water partition coefficient (Wildman–Crippen LogP) is 3.12. The molecule has 0 aliphatic heterocycles. The van der Waals surface area contributed by atoms with Crippen LogP contribution in [0, 0.1) is 0 Å². The first-order chi connectivity index (χ1) is 9.60. The van der Waals surface area contributed by atoms with E-state index in [1.807, 2.05) is 0 Å². The van der Waals surface area contributed by atoms with Crippen LogP contribution in [0.5, 0.6) is 11.5 Å². The number of Topliss-reactive ketones (excluding diaryl/α,β-unsaturated/α-hetero) is 1. The molecule has 0 saturated heterocycles. The van der Waals surface area contributed by atoms with Gasteiger partial charge in [-0.05, 0) is 55.5 Å². The molecule has 0 atom stereocenters. The Kier molecular flexibility index (Phi) is 4.15. The minimum atomic E-state index is -0.455. The number of hydrogen-bond donors (Lipinski definition) is 0. The van der Waals surface area contributed by atoms with Crippen molar-refractivity contribution >= 4 is 11.8 Å². The van der Waals surface area contributed by atoms with Gasteiger partial charge in [-0.2, -0.15) is 0 Å². The molecule has 0 fully saturated rings. The zero-order valence-electron chi connectivity index (χ0n) is 11.3. The molecule has 0 saturated carbocycles. The van der Waals surface area contributed by atoms with Crippen LogP contribution in [-0.2, 0) is 0 Å². The fourth-order valence-corrected chi connectivity index (χ4v) is 1.65. The number of benzene rings is 2. The summed E-state index contributed by atoms with van der Waals surface area (Å²) < 4.78 is 10.2. The fraction of sp³-hybridized carbons (Fsp3) is 0.125. The van der Waals surface area contributed by atoms with Gasteiger partial charge < -0.3 is 9.47 Å². The molecule has 0 N–H and O–H groups in total. The Labute approximate surface area is 116 Å². The van der Waals surface area contributed by atoms with E-state index in [2.05, 4.69) is 0 Å². The number of esters is 1. The van der Waals surface area contributed by atoms with Crippen molar-refractivity contribution in [2.75, 3.05) is 7.11 Å². The molecule has 0 unspecified atom stereocenters. The van der Waals surface area contributed by atoms with Crippen LogP contribution in [0.3, 0.4) is 0 Å². The van der Waals surface area contributed by atoms with Gasteiger partial charge in [0.25, 0.3) is 0 Å². The summed E-state index contributed by atoms with van der Waals surface area (Å²) in [5.41, 5.74) is 1.01. The highest BCUT2D eigenvalue weighted by Crippen LogP contribution is 2.16. The Morgan fingerprint density at radius 2 is 1.30 bits per heavy atom. The third kappa shape index (κ3) is 3.23. The number of ketones is 1. The monoisotopic (exact) mass is 270 g/mol. The van der Waals surface area contributed by atoms with Gasteiger partial charge in [-0.1, -0.05) is 0 Å². The molecule has 4 heteroatoms. The van der Waals surface area contributed by atoms with Crippen LogP contribution in [0.25, 0.3) is 0 Å². The zero-order chi connectivity index (χ0) is 14.5. The first-order valence-corrected chi connectivity index (χ1v) is 6.07. The molecule has 0 aliphatic carbocycles. The van der Waals surface area contributed by atoms with E-state index in [1.54, 1.807) is 55.6 Å². The molecule has 0 amide bonds. The zero-order valence-corrected chi connectivity index (χ0v) is 11.3. The van der Waals surface area contributed by atoms with Gasteiger partial charge in [0.1, 0.15) is 11.5 Å². The van der Waals surface area contributed by atoms with E-state index in [1.165, 1.54) is 6.92 Å². The Hall–Kier alpha value is -2.62. The van der Waals surface area contributed by atoms with Crippen molar-refractivity contribution in [3.8, 4) is 11.5 Å². The fourth-order valence-electron chi connectivity index (χ4n) is 1.65. The molecule has 4 nitrogen and oxygen atoms in total. The Balaban J connectivity index is 2.08. The normalized spacial score (nSPS) is 9.90. The van der Waals surface area contributed by atoms with Gasteiger partial charge in [0.2, 0.25) is 0 Å². The number of hydrogen-bond acceptors (Lipinski definition) is 4. The molecule has 0 bridgehead atoms. The molecule has 0 aliphatic rings. The lowest BCUT2D eigenvalue weighted by atomic mass is 10.1. The van der Waals surface area contributed by atoms with E-state index in [9.17, 15) is 9.59 Å². The van der Waals surface area contributed by atoms with Gasteiger partial charge in [0.15, 0.2) is 5.78 Å². The van der Waals surface area contributed by atoms with E-state index in [0.29, 0.717) is 22.6 Å². The minimum absolute atomic E-state index is 0.0296. The van der Waals surface area contributed by atoms with E-state index >= 15 is 0 Å². The second-order valence-corrected chi connectivity index (χ2v) is 4.20. The smallest absolute Gasteiger partial charge is 0.343 e. The summed E-state index contributed by atoms with van der Waals surface area (Å²) in [6, 6.07) is 13.1. The Bertz CT molecular complexity index is 612. The number of carbonyl (C=O) groups excluding carboxylic acids is 2. The topological polar surface area (TPSA) is 52.6 Å². The first kappa shape index (κ1) is 13.8. The highest BCUT2D eigenvalue weighted by molar-refractivity contribution is 5.94. The van der Waals surface area contributed by atoms with Gasteiger partial charge in [0.05, 0.1) is 12.7 Å². The summed E-state index contributed by atoms with van der Waals surface area (Å²) in [5, 5.41) is 0. The molecule has 20 heavy (non-hydrogen) atoms. The number of rotatable bonds is 4. The SMILES string of the molecule is COc1ccc(C(=O)Oc2ccc(C(C)=O)cc2)cc1. The maximum absolute atomic E-state index is 11.9. The molecule has 2 rings (SSSR count). The van der Waals surface area contributed by atoms with Crippen molar-refractivity contribution in [2.45, 2.75) is 6.92 Å². The summed E-state index contributed by atoms with van der Waals surface area (Å²) in [6.07, 6.45) is 0.